The van der Waals surface area contributed by atoms with Gasteiger partial charge in [0.05, 0.1) is 12.7 Å². The van der Waals surface area contributed by atoms with Crippen molar-refractivity contribution in [2.24, 2.45) is 0 Å². The number of halogens is 2. The number of hydrogen-bond donors (Lipinski definition) is 1. The molecule has 1 unspecified atom stereocenters. The Labute approximate surface area is 120 Å². The van der Waals surface area contributed by atoms with E-state index in [9.17, 15) is 0 Å². The molecular formula is C13H15BrClN3. The molecule has 0 aliphatic carbocycles. The first-order valence-corrected chi connectivity index (χ1v) is 6.91. The number of nitrogens with one attached hydrogen (secondary N) is 1. The van der Waals surface area contributed by atoms with Gasteiger partial charge in [0.2, 0.25) is 0 Å². The highest BCUT2D eigenvalue weighted by Crippen LogP contribution is 2.22. The average molecular weight is 329 g/mol. The highest BCUT2D eigenvalue weighted by molar-refractivity contribution is 9.10. The molecule has 0 aliphatic heterocycles. The van der Waals surface area contributed by atoms with Gasteiger partial charge in [-0.1, -0.05) is 33.6 Å². The van der Waals surface area contributed by atoms with Crippen LogP contribution < -0.4 is 5.32 Å². The minimum Gasteiger partial charge on any atom is -0.313 e. The monoisotopic (exact) mass is 327 g/mol. The largest absolute Gasteiger partial charge is 0.313 e. The van der Waals surface area contributed by atoms with Crippen LogP contribution in [0.3, 0.4) is 0 Å². The Morgan fingerprint density at radius 2 is 2.28 bits per heavy atom. The van der Waals surface area contributed by atoms with Crippen LogP contribution >= 0.6 is 27.5 Å². The van der Waals surface area contributed by atoms with E-state index in [1.54, 1.807) is 0 Å². The summed E-state index contributed by atoms with van der Waals surface area (Å²) in [5.74, 6) is 0. The summed E-state index contributed by atoms with van der Waals surface area (Å²) >= 11 is 9.59. The maximum atomic E-state index is 6.19. The predicted octanol–water partition coefficient (Wildman–Crippen LogP) is 3.63. The quantitative estimate of drug-likeness (QED) is 0.929. The third-order valence-electron chi connectivity index (χ3n) is 2.93. The lowest BCUT2D eigenvalue weighted by atomic mass is 10.2. The van der Waals surface area contributed by atoms with E-state index in [2.05, 4.69) is 33.3 Å². The van der Waals surface area contributed by atoms with Crippen LogP contribution in [0.2, 0.25) is 5.02 Å². The van der Waals surface area contributed by atoms with Crippen molar-refractivity contribution in [1.29, 1.82) is 0 Å². The molecule has 0 saturated carbocycles. The van der Waals surface area contributed by atoms with Gasteiger partial charge in [0.25, 0.3) is 0 Å². The Bertz CT molecular complexity index is 539. The lowest BCUT2D eigenvalue weighted by Crippen LogP contribution is -2.11. The SMILES string of the molecule is CNC(C)c1cnn(Cc2ccc(Br)cc2Cl)c1. The van der Waals surface area contributed by atoms with E-state index in [4.69, 9.17) is 11.6 Å². The van der Waals surface area contributed by atoms with E-state index < -0.39 is 0 Å². The maximum absolute atomic E-state index is 6.19. The van der Waals surface area contributed by atoms with Gasteiger partial charge in [0.1, 0.15) is 0 Å². The minimum atomic E-state index is 0.305. The van der Waals surface area contributed by atoms with Gasteiger partial charge in [-0.3, -0.25) is 4.68 Å². The van der Waals surface area contributed by atoms with Gasteiger partial charge in [-0.25, -0.2) is 0 Å². The second kappa shape index (κ2) is 5.87. The smallest absolute Gasteiger partial charge is 0.0674 e. The second-order valence-corrected chi connectivity index (χ2v) is 5.54. The standard InChI is InChI=1S/C13H15BrClN3/c1-9(16-2)11-6-17-18(8-11)7-10-3-4-12(14)5-13(10)15/h3-6,8-9,16H,7H2,1-2H3. The molecule has 96 valence electrons. The van der Waals surface area contributed by atoms with E-state index in [1.807, 2.05) is 42.3 Å². The van der Waals surface area contributed by atoms with E-state index >= 15 is 0 Å². The summed E-state index contributed by atoms with van der Waals surface area (Å²) in [6.07, 6.45) is 3.92. The molecule has 0 aliphatic rings. The molecule has 1 atom stereocenters. The van der Waals surface area contributed by atoms with E-state index in [1.165, 1.54) is 5.56 Å². The summed E-state index contributed by atoms with van der Waals surface area (Å²) in [7, 11) is 1.94. The molecule has 5 heteroatoms. The molecule has 3 nitrogen and oxygen atoms in total. The Morgan fingerprint density at radius 3 is 2.94 bits per heavy atom. The zero-order chi connectivity index (χ0) is 13.1. The van der Waals surface area contributed by atoms with Crippen molar-refractivity contribution in [3.8, 4) is 0 Å². The Balaban J connectivity index is 2.16. The molecule has 0 saturated heterocycles. The number of rotatable bonds is 4. The number of aromatic nitrogens is 2. The minimum absolute atomic E-state index is 0.305. The number of hydrogen-bond acceptors (Lipinski definition) is 2. The van der Waals surface area contributed by atoms with Crippen LogP contribution in [-0.4, -0.2) is 16.8 Å². The molecule has 0 fully saturated rings. The molecule has 2 aromatic rings. The zero-order valence-corrected chi connectivity index (χ0v) is 12.7. The Hall–Kier alpha value is -0.840. The van der Waals surface area contributed by atoms with Crippen molar-refractivity contribution in [2.75, 3.05) is 7.05 Å². The lowest BCUT2D eigenvalue weighted by Gasteiger charge is -2.07. The summed E-state index contributed by atoms with van der Waals surface area (Å²) in [6.45, 7) is 2.79. The van der Waals surface area contributed by atoms with Gasteiger partial charge >= 0.3 is 0 Å². The molecule has 2 rings (SSSR count). The first kappa shape index (κ1) is 13.6. The van der Waals surface area contributed by atoms with Crippen molar-refractivity contribution in [1.82, 2.24) is 15.1 Å². The molecule has 0 amide bonds. The third kappa shape index (κ3) is 3.13. The summed E-state index contributed by atoms with van der Waals surface area (Å²) in [4.78, 5) is 0. The number of benzene rings is 1. The molecule has 0 spiro atoms. The van der Waals surface area contributed by atoms with Crippen molar-refractivity contribution in [3.05, 3.63) is 51.2 Å². The first-order chi connectivity index (χ1) is 8.60. The fraction of sp³-hybridized carbons (Fsp3) is 0.308. The van der Waals surface area contributed by atoms with Crippen LogP contribution in [0.15, 0.2) is 35.1 Å². The van der Waals surface area contributed by atoms with Crippen LogP contribution in [-0.2, 0) is 6.54 Å². The van der Waals surface area contributed by atoms with Crippen LogP contribution in [0.4, 0.5) is 0 Å². The zero-order valence-electron chi connectivity index (χ0n) is 10.3. The van der Waals surface area contributed by atoms with Crippen LogP contribution in [0.5, 0.6) is 0 Å². The van der Waals surface area contributed by atoms with Crippen LogP contribution in [0.1, 0.15) is 24.1 Å². The van der Waals surface area contributed by atoms with E-state index in [-0.39, 0.29) is 0 Å². The van der Waals surface area contributed by atoms with E-state index in [0.29, 0.717) is 12.6 Å². The number of nitrogens with zero attached hydrogens (tertiary/aromatic N) is 2. The fourth-order valence-electron chi connectivity index (χ4n) is 1.68. The summed E-state index contributed by atoms with van der Waals surface area (Å²) in [6, 6.07) is 6.20. The van der Waals surface area contributed by atoms with Crippen molar-refractivity contribution in [3.63, 3.8) is 0 Å². The van der Waals surface area contributed by atoms with Gasteiger partial charge in [-0.05, 0) is 31.7 Å². The lowest BCUT2D eigenvalue weighted by molar-refractivity contribution is 0.646. The Kier molecular flexibility index (Phi) is 4.43. The normalized spacial score (nSPS) is 12.7. The predicted molar refractivity (Wildman–Crippen MR) is 78.0 cm³/mol. The summed E-state index contributed by atoms with van der Waals surface area (Å²) in [5.41, 5.74) is 2.23. The molecule has 18 heavy (non-hydrogen) atoms. The third-order valence-corrected chi connectivity index (χ3v) is 3.78. The van der Waals surface area contributed by atoms with Gasteiger partial charge in [0.15, 0.2) is 0 Å². The van der Waals surface area contributed by atoms with Crippen molar-refractivity contribution < 1.29 is 0 Å². The molecular weight excluding hydrogens is 314 g/mol. The molecule has 1 N–H and O–H groups in total. The van der Waals surface area contributed by atoms with Gasteiger partial charge < -0.3 is 5.32 Å². The second-order valence-electron chi connectivity index (χ2n) is 4.22. The summed E-state index contributed by atoms with van der Waals surface area (Å²) in [5, 5.41) is 8.29. The molecule has 1 heterocycles. The Morgan fingerprint density at radius 1 is 1.50 bits per heavy atom. The van der Waals surface area contributed by atoms with Crippen LogP contribution in [0.25, 0.3) is 0 Å². The molecule has 0 bridgehead atoms. The highest BCUT2D eigenvalue weighted by atomic mass is 79.9. The van der Waals surface area contributed by atoms with Gasteiger partial charge in [-0.2, -0.15) is 5.10 Å². The average Bonchev–Trinajstić information content (AvgIpc) is 2.80. The first-order valence-electron chi connectivity index (χ1n) is 5.73. The van der Waals surface area contributed by atoms with Gasteiger partial charge in [0, 0.05) is 27.3 Å². The van der Waals surface area contributed by atoms with Crippen LogP contribution in [0, 0.1) is 0 Å². The maximum Gasteiger partial charge on any atom is 0.0674 e. The molecule has 0 radical (unpaired) electrons. The summed E-state index contributed by atoms with van der Waals surface area (Å²) < 4.78 is 2.89. The molecule has 1 aromatic heterocycles. The topological polar surface area (TPSA) is 29.9 Å². The van der Waals surface area contributed by atoms with Crippen molar-refractivity contribution >= 4 is 27.5 Å². The van der Waals surface area contributed by atoms with Crippen molar-refractivity contribution in [2.45, 2.75) is 19.5 Å². The fourth-order valence-corrected chi connectivity index (χ4v) is 2.41. The van der Waals surface area contributed by atoms with E-state index in [0.717, 1.165) is 15.1 Å². The van der Waals surface area contributed by atoms with Gasteiger partial charge in [-0.15, -0.1) is 0 Å². The highest BCUT2D eigenvalue weighted by Gasteiger charge is 2.07. The molecule has 1 aromatic carbocycles.